The number of benzene rings is 1. The van der Waals surface area contributed by atoms with Gasteiger partial charge in [-0.3, -0.25) is 4.79 Å². The number of rotatable bonds is 9. The highest BCUT2D eigenvalue weighted by Crippen LogP contribution is 2.34. The highest BCUT2D eigenvalue weighted by molar-refractivity contribution is 5.75. The van der Waals surface area contributed by atoms with Gasteiger partial charge in [0.25, 0.3) is 0 Å². The lowest BCUT2D eigenvalue weighted by molar-refractivity contribution is -0.140. The number of ether oxygens (including phenoxy) is 2. The molecule has 1 aliphatic rings. The van der Waals surface area contributed by atoms with Gasteiger partial charge in [-0.15, -0.1) is 0 Å². The van der Waals surface area contributed by atoms with Crippen molar-refractivity contribution in [3.05, 3.63) is 23.8 Å². The molecule has 0 saturated heterocycles. The van der Waals surface area contributed by atoms with Crippen molar-refractivity contribution in [2.24, 2.45) is 11.8 Å². The highest BCUT2D eigenvalue weighted by atomic mass is 19.2. The largest absolute Gasteiger partial charge is 0.490 e. The van der Waals surface area contributed by atoms with E-state index in [0.717, 1.165) is 25.7 Å². The molecule has 0 heterocycles. The van der Waals surface area contributed by atoms with Crippen LogP contribution in [-0.2, 0) is 4.79 Å². The van der Waals surface area contributed by atoms with Crippen LogP contribution >= 0.6 is 0 Å². The molecule has 0 bridgehead atoms. The van der Waals surface area contributed by atoms with Crippen molar-refractivity contribution in [1.29, 1.82) is 0 Å². The van der Waals surface area contributed by atoms with E-state index in [4.69, 9.17) is 9.47 Å². The molecule has 0 N–H and O–H groups in total. The number of halogens is 2. The van der Waals surface area contributed by atoms with Gasteiger partial charge in [0.1, 0.15) is 0 Å². The van der Waals surface area contributed by atoms with Gasteiger partial charge in [0.2, 0.25) is 11.6 Å². The van der Waals surface area contributed by atoms with Crippen molar-refractivity contribution in [2.45, 2.75) is 71.6 Å². The molecule has 0 unspecified atom stereocenters. The van der Waals surface area contributed by atoms with Crippen LogP contribution in [0.2, 0.25) is 0 Å². The van der Waals surface area contributed by atoms with Gasteiger partial charge < -0.3 is 9.47 Å². The first-order chi connectivity index (χ1) is 12.6. The predicted octanol–water partition coefficient (Wildman–Crippen LogP) is 6.05. The SMILES string of the molecule is CCCCC[C@H]1CC[C@H](C(=O)Oc2ccc(OCCC)c(F)c2F)CC1. The summed E-state index contributed by atoms with van der Waals surface area (Å²) in [5, 5.41) is 0. The molecule has 0 spiro atoms. The number of esters is 1. The van der Waals surface area contributed by atoms with Crippen LogP contribution in [0.4, 0.5) is 8.78 Å². The van der Waals surface area contributed by atoms with Crippen molar-refractivity contribution in [3.63, 3.8) is 0 Å². The minimum Gasteiger partial charge on any atom is -0.490 e. The van der Waals surface area contributed by atoms with E-state index in [0.29, 0.717) is 18.9 Å². The molecule has 0 aliphatic heterocycles. The van der Waals surface area contributed by atoms with E-state index in [2.05, 4.69) is 6.92 Å². The fourth-order valence-corrected chi connectivity index (χ4v) is 3.48. The van der Waals surface area contributed by atoms with Crippen molar-refractivity contribution in [3.8, 4) is 11.5 Å². The van der Waals surface area contributed by atoms with Crippen molar-refractivity contribution in [1.82, 2.24) is 0 Å². The molecular formula is C21H30F2O3. The summed E-state index contributed by atoms with van der Waals surface area (Å²) < 4.78 is 38.4. The smallest absolute Gasteiger partial charge is 0.314 e. The molecule has 3 nitrogen and oxygen atoms in total. The molecule has 2 rings (SSSR count). The molecule has 5 heteroatoms. The minimum atomic E-state index is -1.17. The van der Waals surface area contributed by atoms with E-state index >= 15 is 0 Å². The summed E-state index contributed by atoms with van der Waals surface area (Å²) in [5.74, 6) is -2.80. The average Bonchev–Trinajstić information content (AvgIpc) is 2.65. The second-order valence-electron chi connectivity index (χ2n) is 7.17. The van der Waals surface area contributed by atoms with Crippen LogP contribution in [0.15, 0.2) is 12.1 Å². The standard InChI is InChI=1S/C21H30F2O3/c1-3-5-6-7-15-8-10-16(11-9-15)21(24)26-18-13-12-17(25-14-4-2)19(22)20(18)23/h12-13,15-16H,3-11,14H2,1-2H3/t15-,16-. The van der Waals surface area contributed by atoms with Crippen LogP contribution in [-0.4, -0.2) is 12.6 Å². The normalized spacial score (nSPS) is 20.0. The zero-order chi connectivity index (χ0) is 18.9. The van der Waals surface area contributed by atoms with Crippen LogP contribution in [0, 0.1) is 23.5 Å². The third kappa shape index (κ3) is 5.68. The summed E-state index contributed by atoms with van der Waals surface area (Å²) in [5.41, 5.74) is 0. The topological polar surface area (TPSA) is 35.5 Å². The van der Waals surface area contributed by atoms with Gasteiger partial charge in [-0.2, -0.15) is 8.78 Å². The Bertz CT molecular complexity index is 581. The van der Waals surface area contributed by atoms with Gasteiger partial charge in [0.15, 0.2) is 11.5 Å². The number of unbranched alkanes of at least 4 members (excludes halogenated alkanes) is 2. The summed E-state index contributed by atoms with van der Waals surface area (Å²) in [6, 6.07) is 2.57. The summed E-state index contributed by atoms with van der Waals surface area (Å²) in [7, 11) is 0. The molecular weight excluding hydrogens is 338 g/mol. The van der Waals surface area contributed by atoms with E-state index in [1.807, 2.05) is 6.92 Å². The fourth-order valence-electron chi connectivity index (χ4n) is 3.48. The maximum absolute atomic E-state index is 14.1. The first-order valence-electron chi connectivity index (χ1n) is 9.89. The second kappa shape index (κ2) is 10.5. The Hall–Kier alpha value is -1.65. The quantitative estimate of drug-likeness (QED) is 0.302. The third-order valence-electron chi connectivity index (χ3n) is 5.08. The number of carbonyl (C=O) groups excluding carboxylic acids is 1. The van der Waals surface area contributed by atoms with E-state index in [1.54, 1.807) is 0 Å². The van der Waals surface area contributed by atoms with Crippen LogP contribution < -0.4 is 9.47 Å². The van der Waals surface area contributed by atoms with E-state index in [-0.39, 0.29) is 17.4 Å². The summed E-state index contributed by atoms with van der Waals surface area (Å²) >= 11 is 0. The molecule has 0 aromatic heterocycles. The molecule has 26 heavy (non-hydrogen) atoms. The zero-order valence-corrected chi connectivity index (χ0v) is 15.9. The Morgan fingerprint density at radius 3 is 2.31 bits per heavy atom. The van der Waals surface area contributed by atoms with Gasteiger partial charge in [-0.1, -0.05) is 39.5 Å². The summed E-state index contributed by atoms with van der Waals surface area (Å²) in [6.45, 7) is 4.37. The van der Waals surface area contributed by atoms with Crippen LogP contribution in [0.25, 0.3) is 0 Å². The molecule has 146 valence electrons. The Kier molecular flexibility index (Phi) is 8.33. The molecule has 1 aromatic carbocycles. The lowest BCUT2D eigenvalue weighted by Crippen LogP contribution is -2.26. The van der Waals surface area contributed by atoms with Crippen molar-refractivity contribution in [2.75, 3.05) is 6.61 Å². The fraction of sp³-hybridized carbons (Fsp3) is 0.667. The average molecular weight is 368 g/mol. The first kappa shape index (κ1) is 20.7. The number of hydrogen-bond acceptors (Lipinski definition) is 3. The second-order valence-corrected chi connectivity index (χ2v) is 7.17. The highest BCUT2D eigenvalue weighted by Gasteiger charge is 2.28. The molecule has 1 aliphatic carbocycles. The Morgan fingerprint density at radius 1 is 1.00 bits per heavy atom. The monoisotopic (exact) mass is 368 g/mol. The van der Waals surface area contributed by atoms with Gasteiger partial charge >= 0.3 is 5.97 Å². The molecule has 0 radical (unpaired) electrons. The first-order valence-corrected chi connectivity index (χ1v) is 9.89. The van der Waals surface area contributed by atoms with Crippen LogP contribution in [0.1, 0.15) is 71.6 Å². The predicted molar refractivity (Wildman–Crippen MR) is 97.4 cm³/mol. The van der Waals surface area contributed by atoms with Crippen molar-refractivity contribution < 1.29 is 23.0 Å². The zero-order valence-electron chi connectivity index (χ0n) is 15.9. The lowest BCUT2D eigenvalue weighted by atomic mass is 9.80. The Morgan fingerprint density at radius 2 is 1.65 bits per heavy atom. The van der Waals surface area contributed by atoms with Gasteiger partial charge in [0, 0.05) is 0 Å². The van der Waals surface area contributed by atoms with Gasteiger partial charge in [-0.25, -0.2) is 0 Å². The Labute approximate surface area is 155 Å². The number of carbonyl (C=O) groups is 1. The van der Waals surface area contributed by atoms with Crippen LogP contribution in [0.5, 0.6) is 11.5 Å². The molecule has 0 amide bonds. The lowest BCUT2D eigenvalue weighted by Gasteiger charge is -2.27. The summed E-state index contributed by atoms with van der Waals surface area (Å²) in [6.07, 6.45) is 9.15. The maximum atomic E-state index is 14.1. The minimum absolute atomic E-state index is 0.156. The van der Waals surface area contributed by atoms with E-state index < -0.39 is 17.6 Å². The van der Waals surface area contributed by atoms with Gasteiger partial charge in [-0.05, 0) is 50.2 Å². The maximum Gasteiger partial charge on any atom is 0.314 e. The van der Waals surface area contributed by atoms with Crippen LogP contribution in [0.3, 0.4) is 0 Å². The van der Waals surface area contributed by atoms with E-state index in [9.17, 15) is 13.6 Å². The molecule has 1 fully saturated rings. The molecule has 1 saturated carbocycles. The molecule has 1 aromatic rings. The summed E-state index contributed by atoms with van der Waals surface area (Å²) in [4.78, 5) is 12.3. The van der Waals surface area contributed by atoms with E-state index in [1.165, 1.54) is 37.8 Å². The third-order valence-corrected chi connectivity index (χ3v) is 5.08. The van der Waals surface area contributed by atoms with Crippen molar-refractivity contribution >= 4 is 5.97 Å². The number of hydrogen-bond donors (Lipinski definition) is 0. The van der Waals surface area contributed by atoms with Gasteiger partial charge in [0.05, 0.1) is 12.5 Å². The molecule has 0 atom stereocenters. The Balaban J connectivity index is 1.87.